The van der Waals surface area contributed by atoms with E-state index >= 15 is 0 Å². The summed E-state index contributed by atoms with van der Waals surface area (Å²) >= 11 is 0. The maximum absolute atomic E-state index is 7.02. The topological polar surface area (TPSA) is 16.4 Å². The molecule has 12 aromatic rings. The van der Waals surface area contributed by atoms with Gasteiger partial charge in [-0.15, -0.1) is 0 Å². The van der Waals surface area contributed by atoms with Crippen molar-refractivity contribution in [2.75, 3.05) is 4.90 Å². The van der Waals surface area contributed by atoms with Gasteiger partial charge in [-0.25, -0.2) is 0 Å². The average Bonchev–Trinajstić information content (AvgIpc) is 3.78. The molecule has 13 rings (SSSR count). The molecule has 0 bridgehead atoms. The minimum atomic E-state index is -0.124. The van der Waals surface area contributed by atoms with E-state index in [1.54, 1.807) is 0 Å². The summed E-state index contributed by atoms with van der Waals surface area (Å²) in [6, 6.07) is 73.7. The van der Waals surface area contributed by atoms with Crippen molar-refractivity contribution in [3.8, 4) is 22.3 Å². The zero-order valence-corrected chi connectivity index (χ0v) is 33.9. The van der Waals surface area contributed by atoms with Crippen molar-refractivity contribution in [2.24, 2.45) is 0 Å². The third kappa shape index (κ3) is 4.97. The van der Waals surface area contributed by atoms with Gasteiger partial charge >= 0.3 is 0 Å². The molecule has 0 spiro atoms. The summed E-state index contributed by atoms with van der Waals surface area (Å²) in [5.41, 5.74) is 12.6. The van der Waals surface area contributed by atoms with Crippen molar-refractivity contribution < 1.29 is 4.42 Å². The van der Waals surface area contributed by atoms with E-state index in [1.807, 2.05) is 0 Å². The number of fused-ring (bicyclic) bond motifs is 14. The van der Waals surface area contributed by atoms with Crippen molar-refractivity contribution in [1.82, 2.24) is 0 Å². The van der Waals surface area contributed by atoms with E-state index in [0.29, 0.717) is 0 Å². The molecule has 286 valence electrons. The number of hydrogen-bond acceptors (Lipinski definition) is 2. The standard InChI is InChI=1S/C59H39NO/c1-59(2)54-22-12-11-21-49(54)50-29-26-42(35-55(50)59)60(40-25-23-36-13-3-4-14-37(36)31-40)41-27-30-56-52(34-41)53-32-38-15-5-6-16-43(38)57(58(53)61-56)39-24-28-48-46-19-8-7-17-44(46)45-18-9-10-20-47(45)51(48)33-39/h3-35H,1-2H3. The first-order chi connectivity index (χ1) is 30.0. The molecule has 1 aromatic heterocycles. The van der Waals surface area contributed by atoms with Gasteiger partial charge in [0.05, 0.1) is 0 Å². The van der Waals surface area contributed by atoms with E-state index in [2.05, 4.69) is 219 Å². The highest BCUT2D eigenvalue weighted by Crippen LogP contribution is 2.51. The van der Waals surface area contributed by atoms with Gasteiger partial charge in [0.2, 0.25) is 0 Å². The van der Waals surface area contributed by atoms with Crippen molar-refractivity contribution in [3.63, 3.8) is 0 Å². The molecule has 0 saturated heterocycles. The van der Waals surface area contributed by atoms with E-state index in [0.717, 1.165) is 50.1 Å². The highest BCUT2D eigenvalue weighted by molar-refractivity contribution is 6.27. The molecule has 2 heteroatoms. The quantitative estimate of drug-likeness (QED) is 0.166. The molecule has 1 heterocycles. The Morgan fingerprint density at radius 1 is 0.361 bits per heavy atom. The fraction of sp³-hybridized carbons (Fsp3) is 0.0508. The van der Waals surface area contributed by atoms with Gasteiger partial charge in [0.25, 0.3) is 0 Å². The molecule has 1 aliphatic rings. The molecule has 1 aliphatic carbocycles. The van der Waals surface area contributed by atoms with Crippen LogP contribution in [0.4, 0.5) is 17.1 Å². The number of rotatable bonds is 4. The van der Waals surface area contributed by atoms with E-state index < -0.39 is 0 Å². The minimum Gasteiger partial charge on any atom is -0.455 e. The molecule has 0 fully saturated rings. The van der Waals surface area contributed by atoms with Gasteiger partial charge in [0.15, 0.2) is 0 Å². The Hall–Kier alpha value is -7.68. The monoisotopic (exact) mass is 777 g/mol. The molecule has 0 N–H and O–H groups in total. The van der Waals surface area contributed by atoms with Crippen molar-refractivity contribution >= 4 is 92.9 Å². The van der Waals surface area contributed by atoms with Crippen LogP contribution >= 0.6 is 0 Å². The first-order valence-electron chi connectivity index (χ1n) is 21.2. The molecule has 0 radical (unpaired) electrons. The Bertz CT molecular complexity index is 3780. The average molecular weight is 778 g/mol. The van der Waals surface area contributed by atoms with Gasteiger partial charge in [-0.3, -0.25) is 0 Å². The number of anilines is 3. The molecule has 0 unspecified atom stereocenters. The van der Waals surface area contributed by atoms with Crippen LogP contribution in [0.3, 0.4) is 0 Å². The molecule has 0 amide bonds. The molecule has 61 heavy (non-hydrogen) atoms. The third-order valence-electron chi connectivity index (χ3n) is 13.6. The summed E-state index contributed by atoms with van der Waals surface area (Å²) in [5.74, 6) is 0. The maximum atomic E-state index is 7.02. The van der Waals surface area contributed by atoms with Crippen molar-refractivity contribution in [1.29, 1.82) is 0 Å². The highest BCUT2D eigenvalue weighted by Gasteiger charge is 2.36. The minimum absolute atomic E-state index is 0.124. The van der Waals surface area contributed by atoms with E-state index in [1.165, 1.54) is 76.1 Å². The van der Waals surface area contributed by atoms with E-state index in [9.17, 15) is 0 Å². The fourth-order valence-electron chi connectivity index (χ4n) is 10.6. The van der Waals surface area contributed by atoms with E-state index in [4.69, 9.17) is 4.42 Å². The number of hydrogen-bond donors (Lipinski definition) is 0. The first kappa shape index (κ1) is 34.2. The lowest BCUT2D eigenvalue weighted by Gasteiger charge is -2.28. The summed E-state index contributed by atoms with van der Waals surface area (Å²) in [6.45, 7) is 4.71. The van der Waals surface area contributed by atoms with Crippen LogP contribution in [0, 0.1) is 0 Å². The largest absolute Gasteiger partial charge is 0.455 e. The van der Waals surface area contributed by atoms with Gasteiger partial charge in [-0.1, -0.05) is 159 Å². The van der Waals surface area contributed by atoms with Crippen molar-refractivity contribution in [3.05, 3.63) is 211 Å². The molecular weight excluding hydrogens is 739 g/mol. The molecule has 11 aromatic carbocycles. The number of furan rings is 1. The Kier molecular flexibility index (Phi) is 7.10. The van der Waals surface area contributed by atoms with Crippen LogP contribution in [0.25, 0.3) is 98.1 Å². The van der Waals surface area contributed by atoms with Crippen molar-refractivity contribution in [2.45, 2.75) is 19.3 Å². The second-order valence-corrected chi connectivity index (χ2v) is 17.3. The van der Waals surface area contributed by atoms with Crippen LogP contribution in [-0.4, -0.2) is 0 Å². The smallest absolute Gasteiger partial charge is 0.143 e. The lowest BCUT2D eigenvalue weighted by Crippen LogP contribution is -2.16. The predicted octanol–water partition coefficient (Wildman–Crippen LogP) is 16.8. The molecule has 0 saturated carbocycles. The van der Waals surface area contributed by atoms with E-state index in [-0.39, 0.29) is 5.41 Å². The zero-order valence-electron chi connectivity index (χ0n) is 33.9. The van der Waals surface area contributed by atoms with Gasteiger partial charge in [0.1, 0.15) is 11.2 Å². The van der Waals surface area contributed by atoms with Crippen LogP contribution in [0.15, 0.2) is 205 Å². The third-order valence-corrected chi connectivity index (χ3v) is 13.6. The Labute approximate surface area is 353 Å². The molecule has 0 atom stereocenters. The molecule has 2 nitrogen and oxygen atoms in total. The van der Waals surface area contributed by atoms with Gasteiger partial charge < -0.3 is 9.32 Å². The maximum Gasteiger partial charge on any atom is 0.143 e. The summed E-state index contributed by atoms with van der Waals surface area (Å²) < 4.78 is 7.02. The molecule has 0 aliphatic heterocycles. The lowest BCUT2D eigenvalue weighted by atomic mass is 9.82. The summed E-state index contributed by atoms with van der Waals surface area (Å²) in [5, 5.41) is 14.6. The van der Waals surface area contributed by atoms with Crippen LogP contribution in [0.2, 0.25) is 0 Å². The summed E-state index contributed by atoms with van der Waals surface area (Å²) in [4.78, 5) is 2.42. The first-order valence-corrected chi connectivity index (χ1v) is 21.2. The SMILES string of the molecule is CC1(C)c2ccccc2-c2ccc(N(c3ccc4ccccc4c3)c3ccc4oc5c(-c6ccc7c8ccccc8c8ccccc8c7c6)c6ccccc6cc5c4c3)cc21. The number of nitrogens with zero attached hydrogens (tertiary/aromatic N) is 1. The normalized spacial score (nSPS) is 13.2. The van der Waals surface area contributed by atoms with Gasteiger partial charge in [-0.05, 0) is 136 Å². The van der Waals surface area contributed by atoms with Crippen LogP contribution < -0.4 is 4.90 Å². The Balaban J connectivity index is 1.04. The second kappa shape index (κ2) is 12.7. The van der Waals surface area contributed by atoms with Gasteiger partial charge in [-0.2, -0.15) is 0 Å². The Morgan fingerprint density at radius 3 is 1.72 bits per heavy atom. The second-order valence-electron chi connectivity index (χ2n) is 17.3. The Morgan fingerprint density at radius 2 is 0.934 bits per heavy atom. The summed E-state index contributed by atoms with van der Waals surface area (Å²) in [6.07, 6.45) is 0. The zero-order chi connectivity index (χ0) is 40.4. The van der Waals surface area contributed by atoms with Crippen LogP contribution in [-0.2, 0) is 5.41 Å². The molecular formula is C59H39NO. The summed E-state index contributed by atoms with van der Waals surface area (Å²) in [7, 11) is 0. The lowest BCUT2D eigenvalue weighted by molar-refractivity contribution is 0.660. The van der Waals surface area contributed by atoms with Gasteiger partial charge in [0, 0.05) is 38.8 Å². The highest BCUT2D eigenvalue weighted by atomic mass is 16.3. The fourth-order valence-corrected chi connectivity index (χ4v) is 10.6. The number of benzene rings is 11. The predicted molar refractivity (Wildman–Crippen MR) is 259 cm³/mol. The van der Waals surface area contributed by atoms with Crippen LogP contribution in [0.1, 0.15) is 25.0 Å². The van der Waals surface area contributed by atoms with Crippen LogP contribution in [0.5, 0.6) is 0 Å².